The molecule has 0 atom stereocenters. The van der Waals surface area contributed by atoms with Crippen molar-refractivity contribution < 1.29 is 18.3 Å². The number of hydrogen-bond donors (Lipinski definition) is 0. The van der Waals surface area contributed by atoms with Gasteiger partial charge in [-0.1, -0.05) is 32.6 Å². The SMILES string of the molecule is CCCCCOc1c(C)cc2c(sc3c(F)c(OCC4CCCC4)ccc32)c1F. The van der Waals surface area contributed by atoms with Crippen molar-refractivity contribution in [2.45, 2.75) is 58.8 Å². The van der Waals surface area contributed by atoms with Gasteiger partial charge in [0.15, 0.2) is 23.1 Å². The molecule has 1 aliphatic rings. The first-order valence-corrected chi connectivity index (χ1v) is 11.5. The average molecular weight is 419 g/mol. The Morgan fingerprint density at radius 3 is 2.52 bits per heavy atom. The molecule has 1 aromatic heterocycles. The molecule has 2 nitrogen and oxygen atoms in total. The van der Waals surface area contributed by atoms with Gasteiger partial charge in [-0.15, -0.1) is 11.3 Å². The third-order valence-electron chi connectivity index (χ3n) is 5.86. The largest absolute Gasteiger partial charge is 0.490 e. The van der Waals surface area contributed by atoms with Gasteiger partial charge in [0.2, 0.25) is 0 Å². The van der Waals surface area contributed by atoms with Gasteiger partial charge in [0.1, 0.15) is 0 Å². The highest BCUT2D eigenvalue weighted by molar-refractivity contribution is 7.25. The Morgan fingerprint density at radius 2 is 1.76 bits per heavy atom. The Morgan fingerprint density at radius 1 is 1.00 bits per heavy atom. The molecule has 156 valence electrons. The van der Waals surface area contributed by atoms with Crippen LogP contribution in [0, 0.1) is 24.5 Å². The van der Waals surface area contributed by atoms with E-state index >= 15 is 8.78 Å². The van der Waals surface area contributed by atoms with Crippen LogP contribution in [0.25, 0.3) is 20.2 Å². The molecule has 0 bridgehead atoms. The lowest BCUT2D eigenvalue weighted by molar-refractivity contribution is 0.243. The van der Waals surface area contributed by atoms with Crippen LogP contribution in [0.4, 0.5) is 8.78 Å². The van der Waals surface area contributed by atoms with Crippen LogP contribution in [0.5, 0.6) is 11.5 Å². The number of fused-ring (bicyclic) bond motifs is 3. The second kappa shape index (κ2) is 8.86. The minimum atomic E-state index is -0.385. The molecule has 1 aliphatic carbocycles. The van der Waals surface area contributed by atoms with Crippen molar-refractivity contribution in [2.75, 3.05) is 13.2 Å². The van der Waals surface area contributed by atoms with E-state index < -0.39 is 0 Å². The van der Waals surface area contributed by atoms with E-state index in [0.717, 1.165) is 59.8 Å². The molecular formula is C24H28F2O2S. The van der Waals surface area contributed by atoms with Crippen LogP contribution in [0.3, 0.4) is 0 Å². The van der Waals surface area contributed by atoms with Crippen molar-refractivity contribution in [3.05, 3.63) is 35.4 Å². The summed E-state index contributed by atoms with van der Waals surface area (Å²) in [6, 6.07) is 5.44. The molecule has 0 spiro atoms. The third kappa shape index (κ3) is 4.07. The van der Waals surface area contributed by atoms with Gasteiger partial charge < -0.3 is 9.47 Å². The highest BCUT2D eigenvalue weighted by atomic mass is 32.1. The average Bonchev–Trinajstić information content (AvgIpc) is 3.35. The van der Waals surface area contributed by atoms with Gasteiger partial charge in [-0.25, -0.2) is 8.78 Å². The summed E-state index contributed by atoms with van der Waals surface area (Å²) in [6.45, 7) is 5.01. The van der Waals surface area contributed by atoms with Gasteiger partial charge in [0.05, 0.1) is 22.6 Å². The minimum absolute atomic E-state index is 0.268. The van der Waals surface area contributed by atoms with Gasteiger partial charge in [-0.05, 0) is 55.9 Å². The Kier molecular flexibility index (Phi) is 6.23. The summed E-state index contributed by atoms with van der Waals surface area (Å²) in [4.78, 5) is 0. The van der Waals surface area contributed by atoms with Crippen LogP contribution in [0.1, 0.15) is 57.4 Å². The Bertz CT molecular complexity index is 1010. The van der Waals surface area contributed by atoms with Crippen LogP contribution in [0.15, 0.2) is 18.2 Å². The number of halogens is 2. The maximum atomic E-state index is 15.2. The third-order valence-corrected chi connectivity index (χ3v) is 7.07. The fraction of sp³-hybridized carbons (Fsp3) is 0.500. The van der Waals surface area contributed by atoms with Gasteiger partial charge >= 0.3 is 0 Å². The zero-order chi connectivity index (χ0) is 20.4. The van der Waals surface area contributed by atoms with Crippen LogP contribution in [-0.4, -0.2) is 13.2 Å². The molecule has 29 heavy (non-hydrogen) atoms. The van der Waals surface area contributed by atoms with Crippen LogP contribution < -0.4 is 9.47 Å². The molecule has 0 N–H and O–H groups in total. The van der Waals surface area contributed by atoms with E-state index in [9.17, 15) is 0 Å². The number of aryl methyl sites for hydroxylation is 1. The number of rotatable bonds is 8. The van der Waals surface area contributed by atoms with Crippen molar-refractivity contribution in [3.63, 3.8) is 0 Å². The van der Waals surface area contributed by atoms with E-state index in [1.54, 1.807) is 6.07 Å². The Hall–Kier alpha value is -1.88. The summed E-state index contributed by atoms with van der Waals surface area (Å²) in [6.07, 6.45) is 7.80. The van der Waals surface area contributed by atoms with E-state index in [2.05, 4.69) is 6.92 Å². The van der Waals surface area contributed by atoms with Gasteiger partial charge in [0, 0.05) is 10.8 Å². The number of ether oxygens (including phenoxy) is 2. The second-order valence-corrected chi connectivity index (χ2v) is 9.11. The molecular weight excluding hydrogens is 390 g/mol. The molecule has 0 unspecified atom stereocenters. The van der Waals surface area contributed by atoms with Crippen LogP contribution >= 0.6 is 11.3 Å². The molecule has 3 aromatic rings. The standard InChI is InChI=1S/C24H28F2O2S/c1-3-4-7-12-27-22-15(2)13-18-17-10-11-19(28-14-16-8-5-6-9-16)20(25)23(17)29-24(18)21(22)26/h10-11,13,16H,3-9,12,14H2,1-2H3. The maximum Gasteiger partial charge on any atom is 0.183 e. The van der Waals surface area contributed by atoms with Crippen LogP contribution in [0.2, 0.25) is 0 Å². The predicted molar refractivity (Wildman–Crippen MR) is 116 cm³/mol. The molecule has 0 amide bonds. The zero-order valence-corrected chi connectivity index (χ0v) is 18.0. The fourth-order valence-electron chi connectivity index (χ4n) is 4.19. The zero-order valence-electron chi connectivity index (χ0n) is 17.2. The number of benzene rings is 2. The van der Waals surface area contributed by atoms with E-state index in [-0.39, 0.29) is 17.4 Å². The number of hydrogen-bond acceptors (Lipinski definition) is 3. The quantitative estimate of drug-likeness (QED) is 0.348. The number of thiophene rings is 1. The van der Waals surface area contributed by atoms with E-state index in [1.165, 1.54) is 12.8 Å². The lowest BCUT2D eigenvalue weighted by Crippen LogP contribution is -2.08. The first-order chi connectivity index (χ1) is 14.1. The minimum Gasteiger partial charge on any atom is -0.490 e. The van der Waals surface area contributed by atoms with Crippen molar-refractivity contribution >= 4 is 31.5 Å². The molecule has 5 heteroatoms. The monoisotopic (exact) mass is 418 g/mol. The van der Waals surface area contributed by atoms with Crippen molar-refractivity contribution in [2.24, 2.45) is 5.92 Å². The van der Waals surface area contributed by atoms with Gasteiger partial charge in [-0.3, -0.25) is 0 Å². The summed E-state index contributed by atoms with van der Waals surface area (Å²) in [5.41, 5.74) is 0.744. The molecule has 2 aromatic carbocycles. The first kappa shape index (κ1) is 20.4. The van der Waals surface area contributed by atoms with Crippen molar-refractivity contribution in [3.8, 4) is 11.5 Å². The molecule has 1 saturated carbocycles. The molecule has 0 saturated heterocycles. The lowest BCUT2D eigenvalue weighted by atomic mass is 10.1. The maximum absolute atomic E-state index is 15.2. The molecule has 0 aliphatic heterocycles. The molecule has 4 rings (SSSR count). The highest BCUT2D eigenvalue weighted by Gasteiger charge is 2.21. The second-order valence-electron chi connectivity index (χ2n) is 8.09. The van der Waals surface area contributed by atoms with Crippen molar-refractivity contribution in [1.29, 1.82) is 0 Å². The Labute approximate surface area is 174 Å². The summed E-state index contributed by atoms with van der Waals surface area (Å²) in [5, 5.41) is 1.47. The van der Waals surface area contributed by atoms with E-state index in [1.807, 2.05) is 19.1 Å². The highest BCUT2D eigenvalue weighted by Crippen LogP contribution is 2.43. The van der Waals surface area contributed by atoms with E-state index in [0.29, 0.717) is 34.3 Å². The van der Waals surface area contributed by atoms with Gasteiger partial charge in [-0.2, -0.15) is 0 Å². The normalized spacial score (nSPS) is 14.9. The molecule has 1 heterocycles. The summed E-state index contributed by atoms with van der Waals surface area (Å²) >= 11 is 1.14. The first-order valence-electron chi connectivity index (χ1n) is 10.7. The topological polar surface area (TPSA) is 18.5 Å². The van der Waals surface area contributed by atoms with Crippen LogP contribution in [-0.2, 0) is 0 Å². The smallest absolute Gasteiger partial charge is 0.183 e. The van der Waals surface area contributed by atoms with E-state index in [4.69, 9.17) is 9.47 Å². The molecule has 0 radical (unpaired) electrons. The number of unbranched alkanes of at least 4 members (excludes halogenated alkanes) is 2. The van der Waals surface area contributed by atoms with Gasteiger partial charge in [0.25, 0.3) is 0 Å². The predicted octanol–water partition coefficient (Wildman–Crippen LogP) is 7.78. The summed E-state index contributed by atoms with van der Waals surface area (Å²) in [7, 11) is 0. The molecule has 1 fully saturated rings. The lowest BCUT2D eigenvalue weighted by Gasteiger charge is -2.12. The Balaban J connectivity index is 1.65. The van der Waals surface area contributed by atoms with Crippen molar-refractivity contribution in [1.82, 2.24) is 0 Å². The fourth-order valence-corrected chi connectivity index (χ4v) is 5.34. The summed E-state index contributed by atoms with van der Waals surface area (Å²) in [5.74, 6) is 0.303. The summed E-state index contributed by atoms with van der Waals surface area (Å²) < 4.78 is 42.8.